The average Bonchev–Trinajstić information content (AvgIpc) is 3.04. The Morgan fingerprint density at radius 1 is 0.467 bits per heavy atom. The van der Waals surface area contributed by atoms with E-state index in [9.17, 15) is 4.79 Å². The maximum absolute atomic E-state index is 11.0. The number of unbranched alkanes of at least 4 members (excludes halogenated alkanes) is 4. The summed E-state index contributed by atoms with van der Waals surface area (Å²) in [4.78, 5) is 11.0. The Bertz CT molecular complexity index is 755. The number of ether oxygens (including phenoxy) is 10. The van der Waals surface area contributed by atoms with E-state index in [2.05, 4.69) is 12.2 Å². The molecule has 0 spiro atoms. The van der Waals surface area contributed by atoms with E-state index < -0.39 is 0 Å². The molecule has 1 aromatic rings. The van der Waals surface area contributed by atoms with Crippen LogP contribution >= 0.6 is 0 Å². The Labute approximate surface area is 270 Å². The molecule has 0 atom stereocenters. The minimum absolute atomic E-state index is 0.105. The van der Waals surface area contributed by atoms with Gasteiger partial charge >= 0.3 is 0 Å². The number of carbonyl (C=O) groups is 1. The molecule has 1 amide bonds. The number of hydrogen-bond acceptors (Lipinski definition) is 11. The van der Waals surface area contributed by atoms with Crippen molar-refractivity contribution in [3.8, 4) is 5.75 Å². The first-order chi connectivity index (χ1) is 22.2. The Morgan fingerprint density at radius 2 is 0.800 bits per heavy atom. The molecule has 262 valence electrons. The fourth-order valence-electron chi connectivity index (χ4n) is 3.73. The van der Waals surface area contributed by atoms with Crippen LogP contribution in [0.3, 0.4) is 0 Å². The highest BCUT2D eigenvalue weighted by Crippen LogP contribution is 2.15. The van der Waals surface area contributed by atoms with Crippen LogP contribution < -0.4 is 10.1 Å². The Kier molecular flexibility index (Phi) is 30.6. The van der Waals surface area contributed by atoms with E-state index in [1.807, 2.05) is 0 Å². The van der Waals surface area contributed by atoms with E-state index >= 15 is 0 Å². The minimum Gasteiger partial charge on any atom is -0.491 e. The second kappa shape index (κ2) is 33.5. The van der Waals surface area contributed by atoms with E-state index in [0.717, 1.165) is 24.5 Å². The van der Waals surface area contributed by atoms with Crippen LogP contribution in [0.2, 0.25) is 0 Å². The second-order valence-corrected chi connectivity index (χ2v) is 9.98. The lowest BCUT2D eigenvalue weighted by atomic mass is 10.2. The molecule has 0 heterocycles. The summed E-state index contributed by atoms with van der Waals surface area (Å²) in [5.74, 6) is 0.615. The highest BCUT2D eigenvalue weighted by Gasteiger charge is 1.99. The lowest BCUT2D eigenvalue weighted by molar-refractivity contribution is -0.114. The number of hydrogen-bond donors (Lipinski definition) is 1. The van der Waals surface area contributed by atoms with E-state index in [1.165, 1.54) is 32.6 Å². The first-order valence-electron chi connectivity index (χ1n) is 16.4. The molecule has 0 saturated heterocycles. The highest BCUT2D eigenvalue weighted by molar-refractivity contribution is 5.88. The van der Waals surface area contributed by atoms with Crippen LogP contribution in [0.5, 0.6) is 5.75 Å². The van der Waals surface area contributed by atoms with Crippen molar-refractivity contribution in [1.82, 2.24) is 0 Å². The maximum Gasteiger partial charge on any atom is 0.221 e. The number of amides is 1. The Morgan fingerprint density at radius 3 is 1.16 bits per heavy atom. The largest absolute Gasteiger partial charge is 0.491 e. The normalized spacial score (nSPS) is 11.2. The summed E-state index contributed by atoms with van der Waals surface area (Å²) in [6, 6.07) is 7.19. The van der Waals surface area contributed by atoms with Gasteiger partial charge < -0.3 is 52.7 Å². The molecular formula is C33H59NO11. The summed E-state index contributed by atoms with van der Waals surface area (Å²) in [5, 5.41) is 2.71. The molecule has 0 saturated carbocycles. The molecule has 0 aliphatic carbocycles. The molecule has 1 aromatic carbocycles. The van der Waals surface area contributed by atoms with Gasteiger partial charge in [0.1, 0.15) is 12.4 Å². The molecule has 0 aliphatic heterocycles. The van der Waals surface area contributed by atoms with Crippen LogP contribution in [-0.4, -0.2) is 131 Å². The molecule has 0 aromatic heterocycles. The molecule has 45 heavy (non-hydrogen) atoms. The monoisotopic (exact) mass is 645 g/mol. The third-order valence-electron chi connectivity index (χ3n) is 6.04. The molecule has 0 radical (unpaired) electrons. The van der Waals surface area contributed by atoms with Gasteiger partial charge in [0.2, 0.25) is 5.91 Å². The Balaban J connectivity index is 1.66. The first-order valence-corrected chi connectivity index (χ1v) is 16.4. The number of anilines is 1. The molecule has 12 nitrogen and oxygen atoms in total. The van der Waals surface area contributed by atoms with Gasteiger partial charge in [0.05, 0.1) is 112 Å². The van der Waals surface area contributed by atoms with Gasteiger partial charge in [0.25, 0.3) is 0 Å². The molecule has 0 aliphatic rings. The van der Waals surface area contributed by atoms with Gasteiger partial charge in [0.15, 0.2) is 0 Å². The average molecular weight is 646 g/mol. The highest BCUT2D eigenvalue weighted by atomic mass is 16.6. The van der Waals surface area contributed by atoms with Gasteiger partial charge in [-0.3, -0.25) is 4.79 Å². The summed E-state index contributed by atoms with van der Waals surface area (Å²) in [6.07, 6.45) is 6.27. The Hall–Kier alpha value is -1.87. The summed E-state index contributed by atoms with van der Waals surface area (Å²) >= 11 is 0. The standard InChI is InChI=1S/C33H59NO11/c1-3-4-5-6-7-12-36-13-14-37-15-16-38-17-18-39-19-20-40-21-22-41-23-24-42-25-26-43-27-28-44-29-30-45-33-10-8-32(9-11-33)34-31(2)35/h8-11H,3-7,12-30H2,1-2H3,(H,34,35). The van der Waals surface area contributed by atoms with Gasteiger partial charge in [-0.15, -0.1) is 0 Å². The van der Waals surface area contributed by atoms with Gasteiger partial charge in [-0.25, -0.2) is 0 Å². The predicted octanol–water partition coefficient (Wildman–Crippen LogP) is 4.14. The van der Waals surface area contributed by atoms with Crippen molar-refractivity contribution in [3.63, 3.8) is 0 Å². The first kappa shape index (κ1) is 41.2. The van der Waals surface area contributed by atoms with Crippen LogP contribution in [-0.2, 0) is 47.4 Å². The maximum atomic E-state index is 11.0. The summed E-state index contributed by atoms with van der Waals surface area (Å²) in [5.41, 5.74) is 0.735. The fraction of sp³-hybridized carbons (Fsp3) is 0.788. The lowest BCUT2D eigenvalue weighted by Gasteiger charge is -2.09. The van der Waals surface area contributed by atoms with Crippen molar-refractivity contribution in [1.29, 1.82) is 0 Å². The molecule has 1 rings (SSSR count). The van der Waals surface area contributed by atoms with Crippen molar-refractivity contribution < 1.29 is 52.2 Å². The van der Waals surface area contributed by atoms with Gasteiger partial charge in [-0.05, 0) is 30.7 Å². The molecule has 1 N–H and O–H groups in total. The second-order valence-electron chi connectivity index (χ2n) is 9.98. The van der Waals surface area contributed by atoms with Crippen LogP contribution in [0.4, 0.5) is 5.69 Å². The van der Waals surface area contributed by atoms with Gasteiger partial charge in [-0.2, -0.15) is 0 Å². The van der Waals surface area contributed by atoms with Crippen LogP contribution in [0.15, 0.2) is 24.3 Å². The number of nitrogens with one attached hydrogen (secondary N) is 1. The third-order valence-corrected chi connectivity index (χ3v) is 6.04. The number of benzene rings is 1. The van der Waals surface area contributed by atoms with Crippen LogP contribution in [0.1, 0.15) is 46.0 Å². The predicted molar refractivity (Wildman–Crippen MR) is 172 cm³/mol. The summed E-state index contributed by atoms with van der Waals surface area (Å²) in [6.45, 7) is 13.9. The van der Waals surface area contributed by atoms with E-state index in [-0.39, 0.29) is 5.91 Å². The molecule has 0 unspecified atom stereocenters. The topological polar surface area (TPSA) is 121 Å². The van der Waals surface area contributed by atoms with Crippen molar-refractivity contribution in [2.24, 2.45) is 0 Å². The quantitative estimate of drug-likeness (QED) is 0.107. The zero-order valence-electron chi connectivity index (χ0n) is 27.8. The molecule has 12 heteroatoms. The molecule has 0 fully saturated rings. The van der Waals surface area contributed by atoms with E-state index in [1.54, 1.807) is 24.3 Å². The SMILES string of the molecule is CCCCCCCOCCOCCOCCOCCOCCOCCOCCOCCOCCOc1ccc(NC(C)=O)cc1. The molecular weight excluding hydrogens is 586 g/mol. The van der Waals surface area contributed by atoms with Crippen molar-refractivity contribution >= 4 is 11.6 Å². The van der Waals surface area contributed by atoms with Crippen LogP contribution in [0.25, 0.3) is 0 Å². The van der Waals surface area contributed by atoms with Gasteiger partial charge in [-0.1, -0.05) is 32.6 Å². The minimum atomic E-state index is -0.105. The summed E-state index contributed by atoms with van der Waals surface area (Å²) < 4.78 is 55.1. The van der Waals surface area contributed by atoms with Crippen molar-refractivity contribution in [2.45, 2.75) is 46.0 Å². The summed E-state index contributed by atoms with van der Waals surface area (Å²) in [7, 11) is 0. The zero-order chi connectivity index (χ0) is 32.3. The number of rotatable bonds is 35. The zero-order valence-corrected chi connectivity index (χ0v) is 27.8. The van der Waals surface area contributed by atoms with Crippen molar-refractivity contribution in [3.05, 3.63) is 24.3 Å². The van der Waals surface area contributed by atoms with Crippen LogP contribution in [0, 0.1) is 0 Å². The lowest BCUT2D eigenvalue weighted by Crippen LogP contribution is -2.15. The smallest absolute Gasteiger partial charge is 0.221 e. The fourth-order valence-corrected chi connectivity index (χ4v) is 3.73. The van der Waals surface area contributed by atoms with Crippen molar-refractivity contribution in [2.75, 3.05) is 131 Å². The third kappa shape index (κ3) is 30.5. The van der Waals surface area contributed by atoms with E-state index in [4.69, 9.17) is 47.4 Å². The number of carbonyl (C=O) groups excluding carboxylic acids is 1. The van der Waals surface area contributed by atoms with E-state index in [0.29, 0.717) is 119 Å². The van der Waals surface area contributed by atoms with Gasteiger partial charge in [0, 0.05) is 19.2 Å². The molecule has 0 bridgehead atoms.